The molecule has 0 heterocycles. The Hall–Kier alpha value is -1.16. The monoisotopic (exact) mass is 198 g/mol. The Morgan fingerprint density at radius 1 is 1.46 bits per heavy atom. The third kappa shape index (κ3) is 2.15. The Labute approximate surface area is 81.4 Å². The maximum atomic E-state index is 10.7. The minimum atomic E-state index is -0.975. The molecular formula is C9H10O3S. The predicted molar refractivity (Wildman–Crippen MR) is 52.3 cm³/mol. The molecule has 4 heteroatoms. The van der Waals surface area contributed by atoms with Gasteiger partial charge in [-0.25, -0.2) is 0 Å². The van der Waals surface area contributed by atoms with Gasteiger partial charge in [-0.05, 0) is 6.07 Å². The molecule has 0 aliphatic carbocycles. The SMILES string of the molecule is O=C(O)C(CS)c1ccccc1O. The highest BCUT2D eigenvalue weighted by Crippen LogP contribution is 2.26. The molecule has 0 saturated heterocycles. The maximum Gasteiger partial charge on any atom is 0.311 e. The van der Waals surface area contributed by atoms with Crippen molar-refractivity contribution >= 4 is 18.6 Å². The van der Waals surface area contributed by atoms with Crippen molar-refractivity contribution in [1.29, 1.82) is 0 Å². The van der Waals surface area contributed by atoms with Gasteiger partial charge >= 0.3 is 5.97 Å². The van der Waals surface area contributed by atoms with Crippen LogP contribution in [-0.2, 0) is 4.79 Å². The molecule has 1 unspecified atom stereocenters. The number of phenols is 1. The molecule has 0 spiro atoms. The molecule has 70 valence electrons. The van der Waals surface area contributed by atoms with E-state index in [0.717, 1.165) is 0 Å². The van der Waals surface area contributed by atoms with Crippen LogP contribution in [0.25, 0.3) is 0 Å². The molecule has 0 bridgehead atoms. The van der Waals surface area contributed by atoms with Crippen molar-refractivity contribution in [3.8, 4) is 5.75 Å². The number of aliphatic carboxylic acids is 1. The van der Waals surface area contributed by atoms with Crippen LogP contribution in [0.2, 0.25) is 0 Å². The number of carbonyl (C=O) groups is 1. The van der Waals surface area contributed by atoms with Gasteiger partial charge in [0.05, 0.1) is 5.92 Å². The van der Waals surface area contributed by atoms with Gasteiger partial charge in [-0.3, -0.25) is 4.79 Å². The Morgan fingerprint density at radius 3 is 2.54 bits per heavy atom. The van der Waals surface area contributed by atoms with Crippen LogP contribution < -0.4 is 0 Å². The van der Waals surface area contributed by atoms with Crippen LogP contribution in [0.15, 0.2) is 24.3 Å². The summed E-state index contributed by atoms with van der Waals surface area (Å²) in [6.45, 7) is 0. The van der Waals surface area contributed by atoms with E-state index in [1.807, 2.05) is 0 Å². The van der Waals surface area contributed by atoms with E-state index in [1.165, 1.54) is 6.07 Å². The zero-order valence-electron chi connectivity index (χ0n) is 6.84. The number of hydrogen-bond acceptors (Lipinski definition) is 3. The normalized spacial score (nSPS) is 12.4. The van der Waals surface area contributed by atoms with Crippen molar-refractivity contribution in [3.05, 3.63) is 29.8 Å². The van der Waals surface area contributed by atoms with Crippen molar-refractivity contribution in [3.63, 3.8) is 0 Å². The van der Waals surface area contributed by atoms with E-state index in [2.05, 4.69) is 12.6 Å². The quantitative estimate of drug-likeness (QED) is 0.645. The lowest BCUT2D eigenvalue weighted by Crippen LogP contribution is -2.13. The predicted octanol–water partition coefficient (Wildman–Crippen LogP) is 1.49. The average molecular weight is 198 g/mol. The summed E-state index contributed by atoms with van der Waals surface area (Å²) >= 11 is 3.92. The molecule has 0 aliphatic heterocycles. The van der Waals surface area contributed by atoms with Gasteiger partial charge < -0.3 is 10.2 Å². The molecule has 1 rings (SSSR count). The van der Waals surface area contributed by atoms with E-state index in [1.54, 1.807) is 18.2 Å². The number of hydrogen-bond donors (Lipinski definition) is 3. The molecule has 1 aromatic carbocycles. The number of benzene rings is 1. The molecule has 0 fully saturated rings. The van der Waals surface area contributed by atoms with Crippen LogP contribution in [0.1, 0.15) is 11.5 Å². The Kier molecular flexibility index (Phi) is 3.19. The summed E-state index contributed by atoms with van der Waals surface area (Å²) in [7, 11) is 0. The second kappa shape index (κ2) is 4.18. The van der Waals surface area contributed by atoms with E-state index < -0.39 is 11.9 Å². The van der Waals surface area contributed by atoms with E-state index >= 15 is 0 Å². The lowest BCUT2D eigenvalue weighted by molar-refractivity contribution is -0.138. The standard InChI is InChI=1S/C9H10O3S/c10-8-4-2-1-3-6(8)7(5-13)9(11)12/h1-4,7,10,13H,5H2,(H,11,12). The van der Waals surface area contributed by atoms with Crippen molar-refractivity contribution in [2.45, 2.75) is 5.92 Å². The largest absolute Gasteiger partial charge is 0.508 e. The van der Waals surface area contributed by atoms with E-state index in [9.17, 15) is 9.90 Å². The molecule has 3 nitrogen and oxygen atoms in total. The van der Waals surface area contributed by atoms with Gasteiger partial charge in [0.1, 0.15) is 5.75 Å². The van der Waals surface area contributed by atoms with Gasteiger partial charge in [0.15, 0.2) is 0 Å². The van der Waals surface area contributed by atoms with Gasteiger partial charge in [-0.2, -0.15) is 12.6 Å². The van der Waals surface area contributed by atoms with Gasteiger partial charge in [-0.15, -0.1) is 0 Å². The van der Waals surface area contributed by atoms with Crippen molar-refractivity contribution in [2.75, 3.05) is 5.75 Å². The number of para-hydroxylation sites is 1. The summed E-state index contributed by atoms with van der Waals surface area (Å²) in [6, 6.07) is 6.39. The van der Waals surface area contributed by atoms with Crippen molar-refractivity contribution in [2.24, 2.45) is 0 Å². The molecule has 0 amide bonds. The fraction of sp³-hybridized carbons (Fsp3) is 0.222. The summed E-state index contributed by atoms with van der Waals surface area (Å²) in [5.41, 5.74) is 0.407. The van der Waals surface area contributed by atoms with Crippen LogP contribution in [0.4, 0.5) is 0 Å². The molecule has 0 aliphatic rings. The molecule has 0 radical (unpaired) electrons. The van der Waals surface area contributed by atoms with Gasteiger partial charge in [0, 0.05) is 11.3 Å². The number of carboxylic acids is 1. The molecule has 1 aromatic rings. The first-order chi connectivity index (χ1) is 6.16. The second-order valence-electron chi connectivity index (χ2n) is 2.63. The molecule has 2 N–H and O–H groups in total. The Bertz CT molecular complexity index is 311. The summed E-state index contributed by atoms with van der Waals surface area (Å²) in [5, 5.41) is 18.2. The zero-order valence-corrected chi connectivity index (χ0v) is 7.74. The Morgan fingerprint density at radius 2 is 2.08 bits per heavy atom. The van der Waals surface area contributed by atoms with Crippen LogP contribution >= 0.6 is 12.6 Å². The van der Waals surface area contributed by atoms with Gasteiger partial charge in [0.25, 0.3) is 0 Å². The summed E-state index contributed by atoms with van der Waals surface area (Å²) in [5.74, 6) is -1.54. The molecular weight excluding hydrogens is 188 g/mol. The summed E-state index contributed by atoms with van der Waals surface area (Å²) in [6.07, 6.45) is 0. The average Bonchev–Trinajstić information content (AvgIpc) is 2.09. The zero-order chi connectivity index (χ0) is 9.84. The van der Waals surface area contributed by atoms with E-state index in [-0.39, 0.29) is 11.5 Å². The summed E-state index contributed by atoms with van der Waals surface area (Å²) in [4.78, 5) is 10.7. The number of thiol groups is 1. The molecule has 0 aromatic heterocycles. The molecule has 0 saturated carbocycles. The first kappa shape index (κ1) is 9.92. The Balaban J connectivity index is 3.04. The third-order valence-electron chi connectivity index (χ3n) is 1.79. The van der Waals surface area contributed by atoms with Crippen molar-refractivity contribution < 1.29 is 15.0 Å². The number of phenolic OH excluding ortho intramolecular Hbond substituents is 1. The van der Waals surface area contributed by atoms with Crippen molar-refractivity contribution in [1.82, 2.24) is 0 Å². The minimum absolute atomic E-state index is 0.00366. The van der Waals surface area contributed by atoms with Crippen LogP contribution in [0, 0.1) is 0 Å². The first-order valence-corrected chi connectivity index (χ1v) is 4.41. The molecule has 13 heavy (non-hydrogen) atoms. The highest BCUT2D eigenvalue weighted by atomic mass is 32.1. The molecule has 1 atom stereocenters. The van der Waals surface area contributed by atoms with Gasteiger partial charge in [0.2, 0.25) is 0 Å². The highest BCUT2D eigenvalue weighted by molar-refractivity contribution is 7.80. The van der Waals surface area contributed by atoms with Crippen LogP contribution in [-0.4, -0.2) is 21.9 Å². The number of carboxylic acid groups (broad SMARTS) is 1. The fourth-order valence-corrected chi connectivity index (χ4v) is 1.44. The number of aromatic hydroxyl groups is 1. The van der Waals surface area contributed by atoms with Crippen LogP contribution in [0.3, 0.4) is 0 Å². The lowest BCUT2D eigenvalue weighted by Gasteiger charge is -2.10. The minimum Gasteiger partial charge on any atom is -0.508 e. The van der Waals surface area contributed by atoms with E-state index in [0.29, 0.717) is 5.56 Å². The second-order valence-corrected chi connectivity index (χ2v) is 3.00. The van der Waals surface area contributed by atoms with Gasteiger partial charge in [-0.1, -0.05) is 18.2 Å². The summed E-state index contributed by atoms with van der Waals surface area (Å²) < 4.78 is 0. The smallest absolute Gasteiger partial charge is 0.311 e. The fourth-order valence-electron chi connectivity index (χ4n) is 1.09. The van der Waals surface area contributed by atoms with E-state index in [4.69, 9.17) is 5.11 Å². The lowest BCUT2D eigenvalue weighted by atomic mass is 10.0. The third-order valence-corrected chi connectivity index (χ3v) is 2.16. The maximum absolute atomic E-state index is 10.7. The highest BCUT2D eigenvalue weighted by Gasteiger charge is 2.20. The topological polar surface area (TPSA) is 57.5 Å². The van der Waals surface area contributed by atoms with Crippen LogP contribution in [0.5, 0.6) is 5.75 Å². The first-order valence-electron chi connectivity index (χ1n) is 3.78. The number of rotatable bonds is 3.